The number of halogens is 1. The molecule has 29 heavy (non-hydrogen) atoms. The first-order chi connectivity index (χ1) is 13.6. The molecule has 0 saturated carbocycles. The fourth-order valence-corrected chi connectivity index (χ4v) is 4.40. The summed E-state index contributed by atoms with van der Waals surface area (Å²) in [5, 5.41) is 27.2. The van der Waals surface area contributed by atoms with E-state index < -0.39 is 6.10 Å². The highest BCUT2D eigenvalue weighted by molar-refractivity contribution is 8.01. The van der Waals surface area contributed by atoms with Gasteiger partial charge in [0.25, 0.3) is 0 Å². The Bertz CT molecular complexity index is 302. The van der Waals surface area contributed by atoms with Crippen molar-refractivity contribution in [3.05, 3.63) is 0 Å². The smallest absolute Gasteiger partial charge is 0.0639 e. The first kappa shape index (κ1) is 31.7. The van der Waals surface area contributed by atoms with Gasteiger partial charge in [0.15, 0.2) is 0 Å². The van der Waals surface area contributed by atoms with Gasteiger partial charge in [-0.05, 0) is 25.5 Å². The van der Waals surface area contributed by atoms with Gasteiger partial charge >= 0.3 is 0 Å². The molecule has 0 spiro atoms. The van der Waals surface area contributed by atoms with Crippen LogP contribution < -0.4 is 0 Å². The van der Waals surface area contributed by atoms with E-state index >= 15 is 0 Å². The van der Waals surface area contributed by atoms with Crippen LogP contribution in [0.3, 0.4) is 0 Å². The van der Waals surface area contributed by atoms with E-state index in [1.54, 1.807) is 6.92 Å². The molecule has 1 aliphatic rings. The van der Waals surface area contributed by atoms with E-state index in [0.29, 0.717) is 19.6 Å². The molecule has 0 aromatic carbocycles. The van der Waals surface area contributed by atoms with Gasteiger partial charge in [-0.25, -0.2) is 0 Å². The summed E-state index contributed by atoms with van der Waals surface area (Å²) in [6, 6.07) is 0. The van der Waals surface area contributed by atoms with E-state index in [4.69, 9.17) is 15.3 Å². The van der Waals surface area contributed by atoms with Crippen molar-refractivity contribution in [2.75, 3.05) is 38.6 Å². The maximum Gasteiger partial charge on any atom is 0.0639 e. The number of aliphatic hydroxyl groups excluding tert-OH is 3. The van der Waals surface area contributed by atoms with Crippen LogP contribution in [0.2, 0.25) is 0 Å². The fraction of sp³-hybridized carbons (Fsp3) is 1.00. The second-order valence-electron chi connectivity index (χ2n) is 8.20. The maximum atomic E-state index is 8.97. The molecule has 0 radical (unpaired) electrons. The molecular formula is C23H50ClNO3S. The van der Waals surface area contributed by atoms with Crippen LogP contribution in [-0.4, -0.2) is 70.2 Å². The zero-order valence-corrected chi connectivity index (χ0v) is 20.8. The minimum absolute atomic E-state index is 0. The predicted octanol–water partition coefficient (Wildman–Crippen LogP) is 5.27. The van der Waals surface area contributed by atoms with Gasteiger partial charge < -0.3 is 15.3 Å². The summed E-state index contributed by atoms with van der Waals surface area (Å²) in [6.45, 7) is 5.61. The Morgan fingerprint density at radius 3 is 1.66 bits per heavy atom. The Balaban J connectivity index is 0. The number of hydrogen-bond acceptors (Lipinski definition) is 5. The molecule has 1 rings (SSSR count). The van der Waals surface area contributed by atoms with Crippen LogP contribution in [0.4, 0.5) is 0 Å². The topological polar surface area (TPSA) is 63.9 Å². The third-order valence-corrected chi connectivity index (χ3v) is 6.69. The van der Waals surface area contributed by atoms with Crippen LogP contribution in [0.5, 0.6) is 0 Å². The average molecular weight is 456 g/mol. The molecule has 6 heteroatoms. The maximum absolute atomic E-state index is 8.97. The van der Waals surface area contributed by atoms with E-state index in [-0.39, 0.29) is 25.6 Å². The zero-order valence-electron chi connectivity index (χ0n) is 19.2. The van der Waals surface area contributed by atoms with E-state index in [0.717, 1.165) is 5.25 Å². The molecule has 1 saturated heterocycles. The van der Waals surface area contributed by atoms with Gasteiger partial charge in [-0.1, -0.05) is 77.6 Å². The van der Waals surface area contributed by atoms with Gasteiger partial charge in [-0.15, -0.1) is 12.4 Å². The molecule has 0 aliphatic carbocycles. The van der Waals surface area contributed by atoms with Gasteiger partial charge in [0, 0.05) is 24.9 Å². The van der Waals surface area contributed by atoms with Crippen molar-refractivity contribution >= 4 is 24.2 Å². The highest BCUT2D eigenvalue weighted by Crippen LogP contribution is 2.31. The quantitative estimate of drug-likeness (QED) is 0.246. The first-order valence-corrected chi connectivity index (χ1v) is 12.9. The molecule has 0 aromatic rings. The van der Waals surface area contributed by atoms with E-state index in [9.17, 15) is 0 Å². The van der Waals surface area contributed by atoms with Gasteiger partial charge in [0.05, 0.1) is 19.3 Å². The van der Waals surface area contributed by atoms with Crippen LogP contribution in [0, 0.1) is 0 Å². The van der Waals surface area contributed by atoms with Crippen molar-refractivity contribution in [3.63, 3.8) is 0 Å². The zero-order chi connectivity index (χ0) is 20.9. The number of hydrogen-bond donors (Lipinski definition) is 3. The minimum Gasteiger partial charge on any atom is -0.395 e. The monoisotopic (exact) mass is 455 g/mol. The molecule has 2 atom stereocenters. The minimum atomic E-state index is -0.409. The molecule has 0 amide bonds. The Labute approximate surface area is 191 Å². The lowest BCUT2D eigenvalue weighted by atomic mass is 10.0. The average Bonchev–Trinajstić information content (AvgIpc) is 2.62. The molecule has 4 nitrogen and oxygen atoms in total. The standard InChI is InChI=1S/C16H32S.C7H17NO3.ClH/c1-2-3-4-5-6-7-8-9-10-11-12-13-16-14-15-17-16;1-7(11)6-8(2-4-9)3-5-10;/h16H,2-15H2,1H3;7,9-11H,2-6H2,1H3;1H. The van der Waals surface area contributed by atoms with Crippen molar-refractivity contribution < 1.29 is 15.3 Å². The molecule has 0 aromatic heterocycles. The van der Waals surface area contributed by atoms with Crippen LogP contribution in [0.1, 0.15) is 97.3 Å². The van der Waals surface area contributed by atoms with Gasteiger partial charge in [-0.2, -0.15) is 11.8 Å². The van der Waals surface area contributed by atoms with Crippen molar-refractivity contribution in [2.24, 2.45) is 0 Å². The summed E-state index contributed by atoms with van der Waals surface area (Å²) < 4.78 is 0. The molecule has 178 valence electrons. The second-order valence-corrected chi connectivity index (χ2v) is 9.61. The lowest BCUT2D eigenvalue weighted by Crippen LogP contribution is -2.35. The number of unbranched alkanes of at least 4 members (excludes halogenated alkanes) is 10. The van der Waals surface area contributed by atoms with Crippen molar-refractivity contribution in [1.82, 2.24) is 4.90 Å². The normalized spacial score (nSPS) is 16.6. The first-order valence-electron chi connectivity index (χ1n) is 11.9. The highest BCUT2D eigenvalue weighted by atomic mass is 35.5. The summed E-state index contributed by atoms with van der Waals surface area (Å²) in [7, 11) is 0. The SMILES string of the molecule is CC(O)CN(CCO)CCO.CCCCCCCCCCCCCC1CCS1.Cl. The molecule has 1 fully saturated rings. The van der Waals surface area contributed by atoms with Crippen molar-refractivity contribution in [2.45, 2.75) is 109 Å². The largest absolute Gasteiger partial charge is 0.395 e. The third-order valence-electron chi connectivity index (χ3n) is 5.28. The Morgan fingerprint density at radius 2 is 1.31 bits per heavy atom. The predicted molar refractivity (Wildman–Crippen MR) is 131 cm³/mol. The van der Waals surface area contributed by atoms with Crippen LogP contribution in [0.25, 0.3) is 0 Å². The lowest BCUT2D eigenvalue weighted by molar-refractivity contribution is 0.0972. The molecule has 0 bridgehead atoms. The van der Waals surface area contributed by atoms with Crippen molar-refractivity contribution in [3.8, 4) is 0 Å². The van der Waals surface area contributed by atoms with Crippen LogP contribution in [0.15, 0.2) is 0 Å². The van der Waals surface area contributed by atoms with E-state index in [1.165, 1.54) is 89.2 Å². The van der Waals surface area contributed by atoms with Gasteiger partial charge in [0.2, 0.25) is 0 Å². The highest BCUT2D eigenvalue weighted by Gasteiger charge is 2.16. The third kappa shape index (κ3) is 23.0. The van der Waals surface area contributed by atoms with E-state index in [1.807, 2.05) is 4.90 Å². The van der Waals surface area contributed by atoms with E-state index in [2.05, 4.69) is 18.7 Å². The lowest BCUT2D eigenvalue weighted by Gasteiger charge is -2.24. The molecular weight excluding hydrogens is 406 g/mol. The Hall–Kier alpha value is 0.480. The molecule has 1 aliphatic heterocycles. The van der Waals surface area contributed by atoms with Crippen molar-refractivity contribution in [1.29, 1.82) is 0 Å². The molecule has 1 heterocycles. The molecule has 2 unspecified atom stereocenters. The summed E-state index contributed by atoms with van der Waals surface area (Å²) in [5.74, 6) is 1.43. The second kappa shape index (κ2) is 24.7. The number of thioether (sulfide) groups is 1. The summed E-state index contributed by atoms with van der Waals surface area (Å²) in [5.41, 5.74) is 0. The van der Waals surface area contributed by atoms with Crippen LogP contribution in [-0.2, 0) is 0 Å². The summed E-state index contributed by atoms with van der Waals surface area (Å²) >= 11 is 2.19. The van der Waals surface area contributed by atoms with Gasteiger partial charge in [0.1, 0.15) is 0 Å². The Morgan fingerprint density at radius 1 is 0.862 bits per heavy atom. The summed E-state index contributed by atoms with van der Waals surface area (Å²) in [4.78, 5) is 1.81. The number of nitrogens with zero attached hydrogens (tertiary/aromatic N) is 1. The summed E-state index contributed by atoms with van der Waals surface area (Å²) in [6.07, 6.45) is 18.8. The Kier molecular flexibility index (Phi) is 27.0. The fourth-order valence-electron chi connectivity index (χ4n) is 3.50. The van der Waals surface area contributed by atoms with Crippen LogP contribution >= 0.6 is 24.2 Å². The molecule has 3 N–H and O–H groups in total. The number of aliphatic hydroxyl groups is 3. The van der Waals surface area contributed by atoms with Gasteiger partial charge in [-0.3, -0.25) is 4.90 Å². The number of rotatable bonds is 18.